The molecule has 0 radical (unpaired) electrons. The number of rotatable bonds is 0. The lowest BCUT2D eigenvalue weighted by Gasteiger charge is -2.22. The van der Waals surface area contributed by atoms with E-state index in [0.29, 0.717) is 0 Å². The molecule has 2 rings (SSSR count). The first kappa shape index (κ1) is 9.41. The number of carbonyl (C=O) groups excluding carboxylic acids is 1. The van der Waals surface area contributed by atoms with Crippen LogP contribution in [0.3, 0.4) is 0 Å². The van der Waals surface area contributed by atoms with Crippen molar-refractivity contribution < 1.29 is 4.79 Å². The first-order chi connectivity index (χ1) is 6.59. The predicted molar refractivity (Wildman–Crippen MR) is 56.5 cm³/mol. The number of ketones is 1. The van der Waals surface area contributed by atoms with Gasteiger partial charge in [0, 0.05) is 5.56 Å². The van der Waals surface area contributed by atoms with Crippen LogP contribution in [0.15, 0.2) is 12.1 Å². The van der Waals surface area contributed by atoms with Crippen LogP contribution in [-0.4, -0.2) is 11.8 Å². The minimum Gasteiger partial charge on any atom is -0.321 e. The Morgan fingerprint density at radius 2 is 2.07 bits per heavy atom. The minimum atomic E-state index is -0.288. The van der Waals surface area contributed by atoms with Gasteiger partial charge < -0.3 is 5.73 Å². The van der Waals surface area contributed by atoms with Gasteiger partial charge in [-0.3, -0.25) is 4.79 Å². The highest BCUT2D eigenvalue weighted by Gasteiger charge is 2.25. The maximum absolute atomic E-state index is 11.8. The first-order valence-electron chi connectivity index (χ1n) is 4.99. The summed E-state index contributed by atoms with van der Waals surface area (Å²) in [5.74, 6) is 0.109. The number of fused-ring (bicyclic) bond motifs is 1. The van der Waals surface area contributed by atoms with Gasteiger partial charge in [-0.15, -0.1) is 0 Å². The highest BCUT2D eigenvalue weighted by atomic mass is 16.1. The molecule has 0 saturated carbocycles. The molecule has 0 fully saturated rings. The predicted octanol–water partition coefficient (Wildman–Crippen LogP) is 1.76. The summed E-state index contributed by atoms with van der Waals surface area (Å²) in [7, 11) is 0. The first-order valence-corrected chi connectivity index (χ1v) is 4.99. The average Bonchev–Trinajstić information content (AvgIpc) is 2.12. The molecule has 1 atom stereocenters. The Kier molecular flexibility index (Phi) is 2.16. The number of benzene rings is 1. The summed E-state index contributed by atoms with van der Waals surface area (Å²) in [5.41, 5.74) is 10.2. The Morgan fingerprint density at radius 1 is 1.36 bits per heavy atom. The summed E-state index contributed by atoms with van der Waals surface area (Å²) in [6.07, 6.45) is 1.73. The third-order valence-electron chi connectivity index (χ3n) is 2.92. The van der Waals surface area contributed by atoms with Crippen molar-refractivity contribution in [1.29, 1.82) is 0 Å². The molecule has 1 aromatic carbocycles. The fourth-order valence-electron chi connectivity index (χ4n) is 2.18. The van der Waals surface area contributed by atoms with Crippen molar-refractivity contribution in [2.45, 2.75) is 32.7 Å². The lowest BCUT2D eigenvalue weighted by atomic mass is 9.84. The van der Waals surface area contributed by atoms with Crippen LogP contribution in [-0.2, 0) is 6.42 Å². The monoisotopic (exact) mass is 189 g/mol. The summed E-state index contributed by atoms with van der Waals surface area (Å²) in [5, 5.41) is 0. The largest absolute Gasteiger partial charge is 0.321 e. The van der Waals surface area contributed by atoms with Crippen molar-refractivity contribution in [1.82, 2.24) is 0 Å². The van der Waals surface area contributed by atoms with Crippen molar-refractivity contribution in [3.63, 3.8) is 0 Å². The zero-order valence-electron chi connectivity index (χ0n) is 8.63. The van der Waals surface area contributed by atoms with Gasteiger partial charge in [0.05, 0.1) is 6.04 Å². The summed E-state index contributed by atoms with van der Waals surface area (Å²) in [4.78, 5) is 11.8. The van der Waals surface area contributed by atoms with E-state index in [2.05, 4.69) is 13.0 Å². The normalized spacial score (nSPS) is 20.8. The number of hydrogen-bond donors (Lipinski definition) is 1. The summed E-state index contributed by atoms with van der Waals surface area (Å²) in [6, 6.07) is 3.80. The van der Waals surface area contributed by atoms with E-state index in [1.807, 2.05) is 13.0 Å². The molecule has 2 heteroatoms. The molecule has 0 bridgehead atoms. The zero-order valence-corrected chi connectivity index (χ0v) is 8.63. The second kappa shape index (κ2) is 3.21. The highest BCUT2D eigenvalue weighted by Crippen LogP contribution is 2.25. The number of carbonyl (C=O) groups is 1. The molecule has 1 aliphatic rings. The van der Waals surface area contributed by atoms with Crippen LogP contribution in [0, 0.1) is 13.8 Å². The van der Waals surface area contributed by atoms with Gasteiger partial charge in [0.15, 0.2) is 5.78 Å². The van der Waals surface area contributed by atoms with E-state index in [0.717, 1.165) is 24.0 Å². The third-order valence-corrected chi connectivity index (χ3v) is 2.92. The third kappa shape index (κ3) is 1.36. The molecule has 1 aromatic rings. The second-order valence-corrected chi connectivity index (χ2v) is 4.12. The van der Waals surface area contributed by atoms with Crippen LogP contribution in [0.4, 0.5) is 0 Å². The van der Waals surface area contributed by atoms with Crippen molar-refractivity contribution in [3.05, 3.63) is 34.4 Å². The second-order valence-electron chi connectivity index (χ2n) is 4.12. The van der Waals surface area contributed by atoms with Crippen LogP contribution in [0.25, 0.3) is 0 Å². The molecule has 0 spiro atoms. The fourth-order valence-corrected chi connectivity index (χ4v) is 2.18. The molecule has 14 heavy (non-hydrogen) atoms. The number of aryl methyl sites for hydroxylation is 2. The van der Waals surface area contributed by atoms with Gasteiger partial charge in [0.2, 0.25) is 0 Å². The van der Waals surface area contributed by atoms with E-state index in [1.54, 1.807) is 0 Å². The van der Waals surface area contributed by atoms with Crippen molar-refractivity contribution in [3.8, 4) is 0 Å². The average molecular weight is 189 g/mol. The number of Topliss-reactive ketones (excluding diaryl/α,β-unsaturated/α-hetero) is 1. The SMILES string of the molecule is Cc1cc(C)c2c(c1)C(=O)[C@@H](N)CC2. The molecule has 0 amide bonds. The van der Waals surface area contributed by atoms with Crippen LogP contribution >= 0.6 is 0 Å². The van der Waals surface area contributed by atoms with E-state index in [4.69, 9.17) is 5.73 Å². The van der Waals surface area contributed by atoms with E-state index < -0.39 is 0 Å². The van der Waals surface area contributed by atoms with Gasteiger partial charge in [-0.25, -0.2) is 0 Å². The van der Waals surface area contributed by atoms with Gasteiger partial charge in [-0.2, -0.15) is 0 Å². The number of hydrogen-bond acceptors (Lipinski definition) is 2. The van der Waals surface area contributed by atoms with Crippen LogP contribution in [0.2, 0.25) is 0 Å². The maximum Gasteiger partial charge on any atom is 0.179 e. The summed E-state index contributed by atoms with van der Waals surface area (Å²) in [6.45, 7) is 4.08. The molecule has 0 aliphatic heterocycles. The van der Waals surface area contributed by atoms with Crippen molar-refractivity contribution in [2.75, 3.05) is 0 Å². The standard InChI is InChI=1S/C12H15NO/c1-7-5-8(2)9-3-4-11(13)12(14)10(9)6-7/h5-6,11H,3-4,13H2,1-2H3/t11-/m0/s1. The Labute approximate surface area is 84.1 Å². The van der Waals surface area contributed by atoms with Crippen LogP contribution < -0.4 is 5.73 Å². The van der Waals surface area contributed by atoms with E-state index in [9.17, 15) is 4.79 Å². The Bertz CT molecular complexity index is 396. The van der Waals surface area contributed by atoms with Gasteiger partial charge >= 0.3 is 0 Å². The van der Waals surface area contributed by atoms with Crippen molar-refractivity contribution >= 4 is 5.78 Å². The lowest BCUT2D eigenvalue weighted by molar-refractivity contribution is 0.0948. The molecule has 0 unspecified atom stereocenters. The zero-order chi connectivity index (χ0) is 10.3. The Morgan fingerprint density at radius 3 is 2.79 bits per heavy atom. The molecular formula is C12H15NO. The molecule has 0 saturated heterocycles. The quantitative estimate of drug-likeness (QED) is 0.675. The van der Waals surface area contributed by atoms with Crippen LogP contribution in [0.1, 0.15) is 33.5 Å². The van der Waals surface area contributed by atoms with Gasteiger partial charge in [0.25, 0.3) is 0 Å². The molecule has 1 aliphatic carbocycles. The van der Waals surface area contributed by atoms with E-state index in [-0.39, 0.29) is 11.8 Å². The number of nitrogens with two attached hydrogens (primary N) is 1. The molecule has 74 valence electrons. The molecule has 0 aromatic heterocycles. The van der Waals surface area contributed by atoms with Crippen LogP contribution in [0.5, 0.6) is 0 Å². The van der Waals surface area contributed by atoms with Crippen molar-refractivity contribution in [2.24, 2.45) is 5.73 Å². The highest BCUT2D eigenvalue weighted by molar-refractivity contribution is 6.02. The Hall–Kier alpha value is -1.15. The molecular weight excluding hydrogens is 174 g/mol. The topological polar surface area (TPSA) is 43.1 Å². The molecule has 2 nitrogen and oxygen atoms in total. The fraction of sp³-hybridized carbons (Fsp3) is 0.417. The summed E-state index contributed by atoms with van der Waals surface area (Å²) >= 11 is 0. The molecule has 0 heterocycles. The van der Waals surface area contributed by atoms with E-state index >= 15 is 0 Å². The molecule has 2 N–H and O–H groups in total. The van der Waals surface area contributed by atoms with Gasteiger partial charge in [-0.1, -0.05) is 11.6 Å². The van der Waals surface area contributed by atoms with E-state index in [1.165, 1.54) is 11.1 Å². The maximum atomic E-state index is 11.8. The summed E-state index contributed by atoms with van der Waals surface area (Å²) < 4.78 is 0. The van der Waals surface area contributed by atoms with Gasteiger partial charge in [0.1, 0.15) is 0 Å². The lowest BCUT2D eigenvalue weighted by Crippen LogP contribution is -2.35. The van der Waals surface area contributed by atoms with Gasteiger partial charge in [-0.05, 0) is 43.9 Å². The minimum absolute atomic E-state index is 0.109. The Balaban J connectivity index is 2.60. The smallest absolute Gasteiger partial charge is 0.179 e.